The first-order valence-electron chi connectivity index (χ1n) is 11.0. The molecule has 4 aromatic rings. The van der Waals surface area contributed by atoms with Gasteiger partial charge < -0.3 is 5.11 Å². The second kappa shape index (κ2) is 8.64. The number of pyridine rings is 2. The minimum absolute atomic E-state index is 0.0719. The Morgan fingerprint density at radius 1 is 1.00 bits per heavy atom. The van der Waals surface area contributed by atoms with Crippen LogP contribution in [0.4, 0.5) is 13.2 Å². The smallest absolute Gasteiger partial charge is 0.393 e. The first-order chi connectivity index (χ1) is 16.3. The fraction of sp³-hybridized carbons (Fsp3) is 0.280. The Kier molecular flexibility index (Phi) is 5.65. The molecule has 0 unspecified atom stereocenters. The van der Waals surface area contributed by atoms with E-state index in [1.807, 2.05) is 0 Å². The number of aliphatic hydroxyl groups is 1. The van der Waals surface area contributed by atoms with E-state index in [0.717, 1.165) is 12.1 Å². The fourth-order valence-electron chi connectivity index (χ4n) is 4.42. The third-order valence-electron chi connectivity index (χ3n) is 6.27. The standard InChI is InChI=1S/C25H21F3N4O2/c26-25(27,28)17-5-3-15(4-6-17)21-12-20-23(22(31-21)16-2-1-11-29-13-16)30-14-32(24(20)34)18-7-9-19(33)10-8-18/h1-6,11-14,18-19,33H,7-10H2. The third-order valence-corrected chi connectivity index (χ3v) is 6.27. The van der Waals surface area contributed by atoms with Crippen LogP contribution in [0.1, 0.15) is 37.3 Å². The predicted octanol–water partition coefficient (Wildman–Crippen LogP) is 5.02. The van der Waals surface area contributed by atoms with E-state index in [1.165, 1.54) is 18.5 Å². The molecule has 6 nitrogen and oxygen atoms in total. The second-order valence-electron chi connectivity index (χ2n) is 8.49. The van der Waals surface area contributed by atoms with Crippen LogP contribution in [0.3, 0.4) is 0 Å². The molecule has 3 heterocycles. The van der Waals surface area contributed by atoms with Crippen LogP contribution in [-0.2, 0) is 6.18 Å². The van der Waals surface area contributed by atoms with Gasteiger partial charge in [0.05, 0.1) is 34.8 Å². The molecule has 0 atom stereocenters. The minimum Gasteiger partial charge on any atom is -0.393 e. The average molecular weight is 466 g/mol. The van der Waals surface area contributed by atoms with Crippen molar-refractivity contribution in [3.63, 3.8) is 0 Å². The topological polar surface area (TPSA) is 80.9 Å². The highest BCUT2D eigenvalue weighted by atomic mass is 19.4. The van der Waals surface area contributed by atoms with Gasteiger partial charge in [0, 0.05) is 29.6 Å². The van der Waals surface area contributed by atoms with Gasteiger partial charge in [-0.1, -0.05) is 12.1 Å². The summed E-state index contributed by atoms with van der Waals surface area (Å²) in [5.74, 6) is 0. The highest BCUT2D eigenvalue weighted by Gasteiger charge is 2.30. The molecule has 0 bridgehead atoms. The van der Waals surface area contributed by atoms with Gasteiger partial charge in [0.25, 0.3) is 5.56 Å². The largest absolute Gasteiger partial charge is 0.416 e. The molecular weight excluding hydrogens is 445 g/mol. The van der Waals surface area contributed by atoms with Crippen LogP contribution in [0.15, 0.2) is 66.0 Å². The monoisotopic (exact) mass is 466 g/mol. The van der Waals surface area contributed by atoms with Crippen LogP contribution in [-0.4, -0.2) is 30.7 Å². The summed E-state index contributed by atoms with van der Waals surface area (Å²) in [6.07, 6.45) is 2.51. The van der Waals surface area contributed by atoms with Crippen LogP contribution < -0.4 is 5.56 Å². The van der Waals surface area contributed by atoms with Crippen molar-refractivity contribution in [1.29, 1.82) is 0 Å². The number of aliphatic hydroxyl groups excluding tert-OH is 1. The van der Waals surface area contributed by atoms with E-state index in [2.05, 4.69) is 15.0 Å². The SMILES string of the molecule is O=c1c2cc(-c3ccc(C(F)(F)F)cc3)nc(-c3cccnc3)c2ncn1C1CCC(O)CC1. The highest BCUT2D eigenvalue weighted by molar-refractivity contribution is 5.93. The lowest BCUT2D eigenvalue weighted by Gasteiger charge is -2.27. The van der Waals surface area contributed by atoms with Gasteiger partial charge >= 0.3 is 6.18 Å². The van der Waals surface area contributed by atoms with E-state index in [-0.39, 0.29) is 17.7 Å². The molecule has 0 aliphatic heterocycles. The number of halogens is 3. The molecule has 0 spiro atoms. The molecule has 1 aliphatic carbocycles. The summed E-state index contributed by atoms with van der Waals surface area (Å²) in [5.41, 5.74) is 1.31. The summed E-state index contributed by atoms with van der Waals surface area (Å²) in [6, 6.07) is 9.74. The van der Waals surface area contributed by atoms with Gasteiger partial charge in [-0.3, -0.25) is 14.3 Å². The summed E-state index contributed by atoms with van der Waals surface area (Å²) in [5, 5.41) is 10.2. The maximum atomic E-state index is 13.5. The number of hydrogen-bond donors (Lipinski definition) is 1. The summed E-state index contributed by atoms with van der Waals surface area (Å²) in [7, 11) is 0. The molecule has 34 heavy (non-hydrogen) atoms. The van der Waals surface area contributed by atoms with E-state index >= 15 is 0 Å². The van der Waals surface area contributed by atoms with Gasteiger partial charge in [0.1, 0.15) is 5.52 Å². The van der Waals surface area contributed by atoms with Crippen molar-refractivity contribution in [2.75, 3.05) is 0 Å². The van der Waals surface area contributed by atoms with Crippen molar-refractivity contribution < 1.29 is 18.3 Å². The summed E-state index contributed by atoms with van der Waals surface area (Å²) in [6.45, 7) is 0. The first kappa shape index (κ1) is 22.2. The Labute approximate surface area is 192 Å². The van der Waals surface area contributed by atoms with Crippen molar-refractivity contribution in [2.45, 2.75) is 44.0 Å². The zero-order chi connectivity index (χ0) is 23.9. The molecule has 1 saturated carbocycles. The van der Waals surface area contributed by atoms with Gasteiger partial charge in [0.2, 0.25) is 0 Å². The summed E-state index contributed by atoms with van der Waals surface area (Å²) in [4.78, 5) is 26.9. The van der Waals surface area contributed by atoms with Crippen molar-refractivity contribution in [3.05, 3.63) is 77.1 Å². The number of hydrogen-bond acceptors (Lipinski definition) is 5. The van der Waals surface area contributed by atoms with Crippen LogP contribution in [0.5, 0.6) is 0 Å². The fourth-order valence-corrected chi connectivity index (χ4v) is 4.42. The molecule has 1 N–H and O–H groups in total. The summed E-state index contributed by atoms with van der Waals surface area (Å²) >= 11 is 0. The Morgan fingerprint density at radius 3 is 2.38 bits per heavy atom. The lowest BCUT2D eigenvalue weighted by Crippen LogP contribution is -2.29. The minimum atomic E-state index is -4.44. The zero-order valence-electron chi connectivity index (χ0n) is 18.0. The van der Waals surface area contributed by atoms with Crippen molar-refractivity contribution in [2.24, 2.45) is 0 Å². The van der Waals surface area contributed by atoms with E-state index in [1.54, 1.807) is 35.2 Å². The zero-order valence-corrected chi connectivity index (χ0v) is 18.0. The molecule has 5 rings (SSSR count). The first-order valence-corrected chi connectivity index (χ1v) is 11.0. The van der Waals surface area contributed by atoms with Gasteiger partial charge in [-0.2, -0.15) is 13.2 Å². The van der Waals surface area contributed by atoms with E-state index in [9.17, 15) is 23.1 Å². The predicted molar refractivity (Wildman–Crippen MR) is 121 cm³/mol. The van der Waals surface area contributed by atoms with Crippen LogP contribution in [0.2, 0.25) is 0 Å². The normalized spacial score (nSPS) is 18.8. The van der Waals surface area contributed by atoms with Crippen LogP contribution in [0, 0.1) is 0 Å². The molecular formula is C25H21F3N4O2. The Balaban J connectivity index is 1.68. The number of rotatable bonds is 3. The molecule has 1 fully saturated rings. The molecule has 1 aromatic carbocycles. The van der Waals surface area contributed by atoms with Crippen LogP contribution in [0.25, 0.3) is 33.4 Å². The molecule has 0 saturated heterocycles. The summed E-state index contributed by atoms with van der Waals surface area (Å²) < 4.78 is 40.7. The number of alkyl halides is 3. The van der Waals surface area contributed by atoms with Crippen LogP contribution >= 0.6 is 0 Å². The van der Waals surface area contributed by atoms with Crippen molar-refractivity contribution in [1.82, 2.24) is 19.5 Å². The van der Waals surface area contributed by atoms with Gasteiger partial charge in [-0.05, 0) is 56.0 Å². The molecule has 1 aliphatic rings. The maximum Gasteiger partial charge on any atom is 0.416 e. The van der Waals surface area contributed by atoms with E-state index in [0.29, 0.717) is 59.1 Å². The van der Waals surface area contributed by atoms with Crippen molar-refractivity contribution in [3.8, 4) is 22.5 Å². The van der Waals surface area contributed by atoms with E-state index in [4.69, 9.17) is 0 Å². The number of aromatic nitrogens is 4. The highest BCUT2D eigenvalue weighted by Crippen LogP contribution is 2.33. The quantitative estimate of drug-likeness (QED) is 0.459. The number of fused-ring (bicyclic) bond motifs is 1. The second-order valence-corrected chi connectivity index (χ2v) is 8.49. The number of benzene rings is 1. The Hall–Kier alpha value is -3.59. The molecule has 3 aromatic heterocycles. The number of nitrogens with zero attached hydrogens (tertiary/aromatic N) is 4. The van der Waals surface area contributed by atoms with Crippen molar-refractivity contribution >= 4 is 10.9 Å². The van der Waals surface area contributed by atoms with Gasteiger partial charge in [-0.25, -0.2) is 9.97 Å². The van der Waals surface area contributed by atoms with E-state index < -0.39 is 11.7 Å². The molecule has 9 heteroatoms. The maximum absolute atomic E-state index is 13.5. The van der Waals surface area contributed by atoms with Gasteiger partial charge in [-0.15, -0.1) is 0 Å². The molecule has 0 amide bonds. The molecule has 0 radical (unpaired) electrons. The molecule has 174 valence electrons. The Bertz CT molecular complexity index is 1380. The average Bonchev–Trinajstić information content (AvgIpc) is 2.85. The third kappa shape index (κ3) is 4.19. The van der Waals surface area contributed by atoms with Gasteiger partial charge in [0.15, 0.2) is 0 Å². The lowest BCUT2D eigenvalue weighted by atomic mass is 9.93. The lowest BCUT2D eigenvalue weighted by molar-refractivity contribution is -0.137. The Morgan fingerprint density at radius 2 is 1.74 bits per heavy atom.